The summed E-state index contributed by atoms with van der Waals surface area (Å²) in [5, 5.41) is 3.62. The number of hydrogen-bond donors (Lipinski definition) is 1. The molecule has 0 amide bonds. The normalized spacial score (nSPS) is 19.9. The highest BCUT2D eigenvalue weighted by Crippen LogP contribution is 2.27. The smallest absolute Gasteiger partial charge is 0.00923 e. The monoisotopic (exact) mass is 267 g/mol. The van der Waals surface area contributed by atoms with E-state index in [0.29, 0.717) is 0 Å². The summed E-state index contributed by atoms with van der Waals surface area (Å²) in [4.78, 5) is 0. The zero-order chi connectivity index (χ0) is 13.8. The van der Waals surface area contributed by atoms with Gasteiger partial charge in [-0.25, -0.2) is 0 Å². The van der Waals surface area contributed by atoms with Gasteiger partial charge in [-0.05, 0) is 32.2 Å². The fraction of sp³-hybridized carbons (Fsp3) is 1.00. The minimum Gasteiger partial charge on any atom is -0.317 e. The first-order chi connectivity index (χ1) is 9.38. The number of unbranched alkanes of at least 4 members (excludes halogenated alkanes) is 5. The summed E-state index contributed by atoms with van der Waals surface area (Å²) < 4.78 is 0. The van der Waals surface area contributed by atoms with E-state index >= 15 is 0 Å². The molecule has 1 atom stereocenters. The molecule has 0 heterocycles. The maximum Gasteiger partial charge on any atom is 0.00923 e. The van der Waals surface area contributed by atoms with Crippen molar-refractivity contribution in [2.45, 2.75) is 103 Å². The summed E-state index contributed by atoms with van der Waals surface area (Å²) in [6.07, 6.45) is 20.3. The Balaban J connectivity index is 2.15. The van der Waals surface area contributed by atoms with E-state index in [9.17, 15) is 0 Å². The van der Waals surface area contributed by atoms with Gasteiger partial charge in [-0.1, -0.05) is 77.6 Å². The van der Waals surface area contributed by atoms with Gasteiger partial charge in [0.25, 0.3) is 0 Å². The lowest BCUT2D eigenvalue weighted by molar-refractivity contribution is 0.278. The molecule has 1 nitrogen and oxygen atoms in total. The van der Waals surface area contributed by atoms with Crippen LogP contribution in [0.2, 0.25) is 0 Å². The van der Waals surface area contributed by atoms with E-state index < -0.39 is 0 Å². The fourth-order valence-electron chi connectivity index (χ4n) is 3.65. The molecule has 0 spiro atoms. The molecule has 1 fully saturated rings. The second kappa shape index (κ2) is 11.8. The van der Waals surface area contributed by atoms with Crippen LogP contribution in [-0.2, 0) is 0 Å². The second-order valence-electron chi connectivity index (χ2n) is 6.56. The Kier molecular flexibility index (Phi) is 10.5. The summed E-state index contributed by atoms with van der Waals surface area (Å²) in [5.74, 6) is 0.959. The number of rotatable bonds is 9. The molecule has 0 aliphatic heterocycles. The molecule has 0 bridgehead atoms. The third-order valence-electron chi connectivity index (χ3n) is 4.96. The van der Waals surface area contributed by atoms with Crippen molar-refractivity contribution in [2.24, 2.45) is 5.92 Å². The van der Waals surface area contributed by atoms with Gasteiger partial charge in [0.2, 0.25) is 0 Å². The minimum absolute atomic E-state index is 0.796. The Bertz CT molecular complexity index is 182. The average molecular weight is 268 g/mol. The molecule has 1 aliphatic rings. The van der Waals surface area contributed by atoms with Crippen molar-refractivity contribution in [3.8, 4) is 0 Å². The minimum atomic E-state index is 0.796. The topological polar surface area (TPSA) is 12.0 Å². The second-order valence-corrected chi connectivity index (χ2v) is 6.56. The van der Waals surface area contributed by atoms with Gasteiger partial charge in [-0.2, -0.15) is 0 Å². The Labute approximate surface area is 121 Å². The van der Waals surface area contributed by atoms with Gasteiger partial charge < -0.3 is 5.32 Å². The lowest BCUT2D eigenvalue weighted by Gasteiger charge is -2.28. The predicted molar refractivity (Wildman–Crippen MR) is 86.6 cm³/mol. The zero-order valence-electron chi connectivity index (χ0n) is 13.6. The molecule has 19 heavy (non-hydrogen) atoms. The van der Waals surface area contributed by atoms with E-state index in [1.54, 1.807) is 0 Å². The van der Waals surface area contributed by atoms with E-state index in [2.05, 4.69) is 19.3 Å². The molecule has 1 heteroatoms. The Morgan fingerprint density at radius 2 is 1.42 bits per heavy atom. The number of hydrogen-bond acceptors (Lipinski definition) is 1. The van der Waals surface area contributed by atoms with E-state index in [0.717, 1.165) is 12.0 Å². The van der Waals surface area contributed by atoms with Crippen molar-refractivity contribution >= 4 is 0 Å². The molecular formula is C18H37N. The molecule has 0 aromatic heterocycles. The molecule has 1 aliphatic carbocycles. The molecular weight excluding hydrogens is 230 g/mol. The molecule has 0 aromatic carbocycles. The van der Waals surface area contributed by atoms with Gasteiger partial charge in [0.1, 0.15) is 0 Å². The molecule has 1 saturated carbocycles. The van der Waals surface area contributed by atoms with Crippen LogP contribution < -0.4 is 5.32 Å². The standard InChI is InChI=1S/C18H37N/c1-3-4-5-6-10-13-16-18(19-2)17-14-11-8-7-9-12-15-17/h17-19H,3-16H2,1-2H3. The first-order valence-corrected chi connectivity index (χ1v) is 9.05. The van der Waals surface area contributed by atoms with Crippen molar-refractivity contribution in [3.05, 3.63) is 0 Å². The van der Waals surface area contributed by atoms with Gasteiger partial charge in [0.15, 0.2) is 0 Å². The first-order valence-electron chi connectivity index (χ1n) is 9.05. The van der Waals surface area contributed by atoms with Crippen LogP contribution in [0.15, 0.2) is 0 Å². The van der Waals surface area contributed by atoms with Crippen LogP contribution in [0.3, 0.4) is 0 Å². The molecule has 1 unspecified atom stereocenters. The van der Waals surface area contributed by atoms with Crippen LogP contribution in [0, 0.1) is 5.92 Å². The largest absolute Gasteiger partial charge is 0.317 e. The summed E-state index contributed by atoms with van der Waals surface area (Å²) in [6, 6.07) is 0.796. The highest BCUT2D eigenvalue weighted by Gasteiger charge is 2.20. The van der Waals surface area contributed by atoms with E-state index in [-0.39, 0.29) is 0 Å². The SMILES string of the molecule is CCCCCCCCC(NC)C1CCCCCCC1. The van der Waals surface area contributed by atoms with Crippen molar-refractivity contribution < 1.29 is 0 Å². The maximum absolute atomic E-state index is 3.62. The summed E-state index contributed by atoms with van der Waals surface area (Å²) >= 11 is 0. The van der Waals surface area contributed by atoms with Crippen LogP contribution in [0.25, 0.3) is 0 Å². The van der Waals surface area contributed by atoms with E-state index in [1.807, 2.05) is 0 Å². The van der Waals surface area contributed by atoms with Crippen LogP contribution in [0.5, 0.6) is 0 Å². The van der Waals surface area contributed by atoms with Crippen LogP contribution >= 0.6 is 0 Å². The summed E-state index contributed by atoms with van der Waals surface area (Å²) in [6.45, 7) is 2.30. The van der Waals surface area contributed by atoms with E-state index in [4.69, 9.17) is 0 Å². The van der Waals surface area contributed by atoms with Gasteiger partial charge >= 0.3 is 0 Å². The quantitative estimate of drug-likeness (QED) is 0.529. The van der Waals surface area contributed by atoms with Crippen LogP contribution in [-0.4, -0.2) is 13.1 Å². The van der Waals surface area contributed by atoms with Crippen molar-refractivity contribution in [3.63, 3.8) is 0 Å². The molecule has 1 rings (SSSR count). The van der Waals surface area contributed by atoms with Gasteiger partial charge in [-0.3, -0.25) is 0 Å². The molecule has 114 valence electrons. The summed E-state index contributed by atoms with van der Waals surface area (Å²) in [7, 11) is 2.18. The lowest BCUT2D eigenvalue weighted by Crippen LogP contribution is -2.34. The average Bonchev–Trinajstić information content (AvgIpc) is 2.39. The maximum atomic E-state index is 3.62. The van der Waals surface area contributed by atoms with Crippen molar-refractivity contribution in [1.29, 1.82) is 0 Å². The molecule has 0 radical (unpaired) electrons. The van der Waals surface area contributed by atoms with Crippen LogP contribution in [0.4, 0.5) is 0 Å². The zero-order valence-corrected chi connectivity index (χ0v) is 13.6. The Morgan fingerprint density at radius 3 is 2.05 bits per heavy atom. The lowest BCUT2D eigenvalue weighted by atomic mass is 9.84. The third kappa shape index (κ3) is 7.97. The molecule has 0 aromatic rings. The van der Waals surface area contributed by atoms with Gasteiger partial charge in [0, 0.05) is 6.04 Å². The molecule has 1 N–H and O–H groups in total. The predicted octanol–water partition coefficient (Wildman–Crippen LogP) is 5.69. The van der Waals surface area contributed by atoms with Gasteiger partial charge in [-0.15, -0.1) is 0 Å². The first kappa shape index (κ1) is 17.0. The van der Waals surface area contributed by atoms with Crippen molar-refractivity contribution in [2.75, 3.05) is 7.05 Å². The Hall–Kier alpha value is -0.0400. The summed E-state index contributed by atoms with van der Waals surface area (Å²) in [5.41, 5.74) is 0. The fourth-order valence-corrected chi connectivity index (χ4v) is 3.65. The highest BCUT2D eigenvalue weighted by atomic mass is 14.9. The van der Waals surface area contributed by atoms with Crippen LogP contribution in [0.1, 0.15) is 96.8 Å². The third-order valence-corrected chi connectivity index (χ3v) is 4.96. The van der Waals surface area contributed by atoms with Crippen molar-refractivity contribution in [1.82, 2.24) is 5.32 Å². The van der Waals surface area contributed by atoms with E-state index in [1.165, 1.54) is 89.9 Å². The Morgan fingerprint density at radius 1 is 0.842 bits per heavy atom. The molecule has 0 saturated heterocycles. The highest BCUT2D eigenvalue weighted by molar-refractivity contribution is 4.76. The number of nitrogens with one attached hydrogen (secondary N) is 1. The van der Waals surface area contributed by atoms with Gasteiger partial charge in [0.05, 0.1) is 0 Å².